The molecule has 6 aromatic carbocycles. The van der Waals surface area contributed by atoms with Crippen LogP contribution in [0.1, 0.15) is 70.5 Å². The molecule has 0 unspecified atom stereocenters. The maximum Gasteiger partial charge on any atom is 0.265 e. The first-order valence-corrected chi connectivity index (χ1v) is 23.3. The Bertz CT molecular complexity index is 2920. The molecule has 0 atom stereocenters. The van der Waals surface area contributed by atoms with E-state index in [1.165, 1.54) is 57.8 Å². The zero-order chi connectivity index (χ0) is 63.4. The normalized spacial score (nSPS) is 11.3. The Balaban J connectivity index is 0.000000246. The van der Waals surface area contributed by atoms with Crippen LogP contribution in [0.15, 0.2) is 12.4 Å². The fourth-order valence-corrected chi connectivity index (χ4v) is 8.16. The second-order valence-corrected chi connectivity index (χ2v) is 17.4. The Morgan fingerprint density at radius 3 is 0.583 bits per heavy atom. The highest BCUT2D eigenvalue weighted by Gasteiger charge is 2.47. The van der Waals surface area contributed by atoms with E-state index in [2.05, 4.69) is 16.9 Å². The molecule has 0 saturated carbocycles. The number of halogens is 30. The number of aromatic nitrogens is 2. The Morgan fingerprint density at radius 1 is 0.250 bits per heavy atom. The molecule has 7 aromatic rings. The van der Waals surface area contributed by atoms with E-state index in [0.29, 0.717) is 0 Å². The number of unbranched alkanes of at least 4 members (excludes halogenated alkanes) is 8. The molecule has 0 aliphatic heterocycles. The number of aryl methyl sites for hydroxylation is 1. The van der Waals surface area contributed by atoms with Gasteiger partial charge in [-0.3, -0.25) is 0 Å². The molecule has 0 radical (unpaired) electrons. The molecule has 0 saturated heterocycles. The molecule has 0 aliphatic carbocycles. The van der Waals surface area contributed by atoms with Crippen molar-refractivity contribution in [3.63, 3.8) is 0 Å². The van der Waals surface area contributed by atoms with Crippen LogP contribution in [-0.4, -0.2) is 23.4 Å². The molecule has 1 aromatic heterocycles. The maximum atomic E-state index is 14.4. The summed E-state index contributed by atoms with van der Waals surface area (Å²) in [7, 11) is 0. The summed E-state index contributed by atoms with van der Waals surface area (Å²) in [4.78, 5) is 7.38. The summed E-state index contributed by atoms with van der Waals surface area (Å²) in [5.74, 6) is -89.3. The van der Waals surface area contributed by atoms with Gasteiger partial charge in [-0.25, -0.2) is 137 Å². The third-order valence-electron chi connectivity index (χ3n) is 12.3. The Hall–Kier alpha value is -7.44. The SMILES string of the molecule is CCCCCCCCCCCc1ncc[nH]1.Fc1c(F)c(F)c(B(c2c(F)c(F)c(F)c(F)c2F)c2c(F)c(F)c(F)c(F)c2F)c(F)c1F.Fc1c(F)c(F)c(B(c2c(F)c(F)c(F)c(F)c2F)c2c(F)c(F)c(F)c(F)c2F)c(F)c1F. The monoisotopic (exact) mass is 1250 g/mol. The van der Waals surface area contributed by atoms with E-state index in [4.69, 9.17) is 0 Å². The molecule has 2 nitrogen and oxygen atoms in total. The van der Waals surface area contributed by atoms with Crippen molar-refractivity contribution in [3.8, 4) is 0 Å². The van der Waals surface area contributed by atoms with E-state index in [9.17, 15) is 132 Å². The van der Waals surface area contributed by atoms with Crippen molar-refractivity contribution in [1.29, 1.82) is 0 Å². The molecule has 7 rings (SSSR count). The van der Waals surface area contributed by atoms with E-state index in [1.807, 2.05) is 12.4 Å². The highest BCUT2D eigenvalue weighted by molar-refractivity contribution is 6.96. The van der Waals surface area contributed by atoms with Gasteiger partial charge in [0.15, 0.2) is 175 Å². The molecule has 1 heterocycles. The number of nitrogens with zero attached hydrogens (tertiary/aromatic N) is 1. The van der Waals surface area contributed by atoms with Crippen molar-refractivity contribution in [3.05, 3.63) is 193 Å². The minimum atomic E-state index is -3.96. The van der Waals surface area contributed by atoms with Crippen LogP contribution in [0.3, 0.4) is 0 Å². The number of hydrogen-bond donors (Lipinski definition) is 1. The average molecular weight is 1250 g/mol. The van der Waals surface area contributed by atoms with E-state index >= 15 is 0 Å². The number of benzene rings is 6. The third-order valence-corrected chi connectivity index (χ3v) is 12.3. The van der Waals surface area contributed by atoms with Gasteiger partial charge in [0.2, 0.25) is 0 Å². The lowest BCUT2D eigenvalue weighted by atomic mass is 9.36. The summed E-state index contributed by atoms with van der Waals surface area (Å²) >= 11 is 0. The van der Waals surface area contributed by atoms with Gasteiger partial charge < -0.3 is 4.98 Å². The molecule has 0 fully saturated rings. The summed E-state index contributed by atoms with van der Waals surface area (Å²) in [5, 5.41) is 0. The number of nitrogens with one attached hydrogen (secondary N) is 1. The van der Waals surface area contributed by atoms with Crippen LogP contribution < -0.4 is 32.8 Å². The topological polar surface area (TPSA) is 28.7 Å². The van der Waals surface area contributed by atoms with Crippen LogP contribution >= 0.6 is 0 Å². The van der Waals surface area contributed by atoms with Gasteiger partial charge in [0.1, 0.15) is 5.82 Å². The summed E-state index contributed by atoms with van der Waals surface area (Å²) in [6.45, 7) is -5.65. The molecule has 452 valence electrons. The first-order valence-electron chi connectivity index (χ1n) is 23.3. The largest absolute Gasteiger partial charge is 0.349 e. The highest BCUT2D eigenvalue weighted by atomic mass is 19.2. The Labute approximate surface area is 451 Å². The van der Waals surface area contributed by atoms with Gasteiger partial charge in [0.25, 0.3) is 13.4 Å². The summed E-state index contributed by atoms with van der Waals surface area (Å²) in [6.07, 6.45) is 17.4. The smallest absolute Gasteiger partial charge is 0.265 e. The maximum absolute atomic E-state index is 14.4. The van der Waals surface area contributed by atoms with E-state index in [-0.39, 0.29) is 0 Å². The zero-order valence-electron chi connectivity index (χ0n) is 41.2. The summed E-state index contributed by atoms with van der Waals surface area (Å²) in [6, 6.07) is 0. The minimum absolute atomic E-state index is 1.11. The van der Waals surface area contributed by atoms with Gasteiger partial charge in [-0.05, 0) is 6.42 Å². The fourth-order valence-electron chi connectivity index (χ4n) is 8.16. The number of hydrogen-bond acceptors (Lipinski definition) is 1. The Kier molecular flexibility index (Phi) is 22.1. The summed E-state index contributed by atoms with van der Waals surface area (Å²) in [5.41, 5.74) is -16.1. The van der Waals surface area contributed by atoms with E-state index in [0.717, 1.165) is 12.2 Å². The van der Waals surface area contributed by atoms with Gasteiger partial charge in [-0.1, -0.05) is 58.3 Å². The van der Waals surface area contributed by atoms with Crippen molar-refractivity contribution < 1.29 is 132 Å². The van der Waals surface area contributed by atoms with Crippen LogP contribution in [0.25, 0.3) is 0 Å². The number of rotatable bonds is 16. The van der Waals surface area contributed by atoms with Crippen LogP contribution in [-0.2, 0) is 6.42 Å². The van der Waals surface area contributed by atoms with Gasteiger partial charge in [0, 0.05) is 51.6 Å². The highest BCUT2D eigenvalue weighted by Crippen LogP contribution is 2.27. The van der Waals surface area contributed by atoms with Crippen LogP contribution in [0.2, 0.25) is 0 Å². The van der Waals surface area contributed by atoms with E-state index in [1.54, 1.807) is 0 Å². The molecule has 34 heteroatoms. The van der Waals surface area contributed by atoms with Gasteiger partial charge >= 0.3 is 0 Å². The van der Waals surface area contributed by atoms with Gasteiger partial charge in [-0.2, -0.15) is 0 Å². The van der Waals surface area contributed by atoms with Crippen molar-refractivity contribution in [1.82, 2.24) is 9.97 Å². The van der Waals surface area contributed by atoms with Crippen molar-refractivity contribution >= 4 is 46.2 Å². The van der Waals surface area contributed by atoms with Crippen LogP contribution in [0.5, 0.6) is 0 Å². The standard InChI is InChI=1S/2C18BF15.C14H26N2/c2*20-4-1(5(21)11(27)16(32)10(4)26)19(2-6(22)12(28)17(33)13(29)7(2)23)3-8(24)14(30)18(34)15(31)9(3)25;1-2-3-4-5-6-7-8-9-10-11-14-15-12-13-16-14/h;;12-13H,2-11H2,1H3,(H,15,16). The molecular formula is C50H26B2F30N2. The predicted molar refractivity (Wildman–Crippen MR) is 236 cm³/mol. The first kappa shape index (κ1) is 67.4. The van der Waals surface area contributed by atoms with Crippen LogP contribution in [0.4, 0.5) is 132 Å². The average Bonchev–Trinajstić information content (AvgIpc) is 2.35. The van der Waals surface area contributed by atoms with Crippen molar-refractivity contribution in [2.75, 3.05) is 0 Å². The molecule has 0 amide bonds. The van der Waals surface area contributed by atoms with Gasteiger partial charge in [0.05, 0.1) is 0 Å². The Morgan fingerprint density at radius 2 is 0.417 bits per heavy atom. The molecule has 0 aliphatic rings. The van der Waals surface area contributed by atoms with Crippen molar-refractivity contribution in [2.45, 2.75) is 71.1 Å². The van der Waals surface area contributed by atoms with Crippen molar-refractivity contribution in [2.24, 2.45) is 0 Å². The minimum Gasteiger partial charge on any atom is -0.349 e. The third kappa shape index (κ3) is 12.7. The number of H-pyrrole nitrogens is 1. The zero-order valence-corrected chi connectivity index (χ0v) is 41.2. The first-order chi connectivity index (χ1) is 39.3. The van der Waals surface area contributed by atoms with E-state index < -0.39 is 221 Å². The number of imidazole rings is 1. The summed E-state index contributed by atoms with van der Waals surface area (Å²) < 4.78 is 417. The lowest BCUT2D eigenvalue weighted by molar-refractivity contribution is 0.380. The van der Waals surface area contributed by atoms with Gasteiger partial charge in [-0.15, -0.1) is 0 Å². The molecular weight excluding hydrogens is 1220 g/mol. The lowest BCUT2D eigenvalue weighted by Gasteiger charge is -2.21. The second kappa shape index (κ2) is 27.5. The fraction of sp³-hybridized carbons (Fsp3) is 0.220. The molecule has 84 heavy (non-hydrogen) atoms. The van der Waals surface area contributed by atoms with Crippen LogP contribution in [0, 0.1) is 175 Å². The second-order valence-electron chi connectivity index (χ2n) is 17.4. The molecule has 1 N–H and O–H groups in total. The lowest BCUT2D eigenvalue weighted by Crippen LogP contribution is -2.60. The predicted octanol–water partition coefficient (Wildman–Crippen LogP) is 13.1. The molecule has 0 spiro atoms. The number of aromatic amines is 1. The quantitative estimate of drug-likeness (QED) is 0.0337. The molecule has 0 bridgehead atoms.